The lowest BCUT2D eigenvalue weighted by atomic mass is 10.1. The molecule has 0 saturated heterocycles. The van der Waals surface area contributed by atoms with Crippen molar-refractivity contribution in [3.05, 3.63) is 42.2 Å². The van der Waals surface area contributed by atoms with Crippen LogP contribution in [0.15, 0.2) is 41.8 Å². The van der Waals surface area contributed by atoms with Crippen LogP contribution in [0.5, 0.6) is 0 Å². The SMILES string of the molecule is CC(=O)c1cccc(NC(=O)CSc2ncc[nH]2)c1. The predicted molar refractivity (Wildman–Crippen MR) is 74.4 cm³/mol. The fraction of sp³-hybridized carbons (Fsp3) is 0.154. The number of nitrogens with zero attached hydrogens (tertiary/aromatic N) is 1. The molecule has 0 atom stereocenters. The molecular weight excluding hydrogens is 262 g/mol. The van der Waals surface area contributed by atoms with Crippen LogP contribution < -0.4 is 5.32 Å². The summed E-state index contributed by atoms with van der Waals surface area (Å²) in [6.07, 6.45) is 3.34. The van der Waals surface area contributed by atoms with E-state index in [1.54, 1.807) is 36.7 Å². The van der Waals surface area contributed by atoms with E-state index < -0.39 is 0 Å². The van der Waals surface area contributed by atoms with Crippen molar-refractivity contribution in [2.75, 3.05) is 11.1 Å². The van der Waals surface area contributed by atoms with E-state index in [4.69, 9.17) is 0 Å². The van der Waals surface area contributed by atoms with Crippen molar-refractivity contribution in [1.29, 1.82) is 0 Å². The van der Waals surface area contributed by atoms with Gasteiger partial charge in [0.15, 0.2) is 10.9 Å². The Balaban J connectivity index is 1.91. The van der Waals surface area contributed by atoms with Crippen molar-refractivity contribution in [2.24, 2.45) is 0 Å². The average molecular weight is 275 g/mol. The highest BCUT2D eigenvalue weighted by Crippen LogP contribution is 2.14. The largest absolute Gasteiger partial charge is 0.340 e. The van der Waals surface area contributed by atoms with E-state index in [0.717, 1.165) is 0 Å². The van der Waals surface area contributed by atoms with Crippen LogP contribution in [0, 0.1) is 0 Å². The number of amides is 1. The quantitative estimate of drug-likeness (QED) is 0.649. The van der Waals surface area contributed by atoms with Gasteiger partial charge in [-0.15, -0.1) is 0 Å². The molecule has 2 aromatic rings. The molecule has 0 spiro atoms. The van der Waals surface area contributed by atoms with Gasteiger partial charge in [0.1, 0.15) is 0 Å². The highest BCUT2D eigenvalue weighted by Gasteiger charge is 2.06. The van der Waals surface area contributed by atoms with Gasteiger partial charge in [-0.2, -0.15) is 0 Å². The van der Waals surface area contributed by atoms with E-state index in [2.05, 4.69) is 15.3 Å². The molecule has 1 aromatic carbocycles. The smallest absolute Gasteiger partial charge is 0.234 e. The first-order valence-corrected chi connectivity index (χ1v) is 6.67. The summed E-state index contributed by atoms with van der Waals surface area (Å²) in [6, 6.07) is 6.88. The maximum absolute atomic E-state index is 11.7. The highest BCUT2D eigenvalue weighted by atomic mass is 32.2. The molecule has 19 heavy (non-hydrogen) atoms. The molecule has 0 aliphatic rings. The van der Waals surface area contributed by atoms with Gasteiger partial charge in [0, 0.05) is 23.6 Å². The van der Waals surface area contributed by atoms with Crippen molar-refractivity contribution >= 4 is 29.1 Å². The minimum Gasteiger partial charge on any atom is -0.340 e. The van der Waals surface area contributed by atoms with Gasteiger partial charge in [-0.05, 0) is 19.1 Å². The normalized spacial score (nSPS) is 10.2. The predicted octanol–water partition coefficient (Wildman–Crippen LogP) is 2.34. The summed E-state index contributed by atoms with van der Waals surface area (Å²) >= 11 is 1.32. The lowest BCUT2D eigenvalue weighted by Gasteiger charge is -2.05. The Bertz CT molecular complexity index is 581. The molecule has 1 aromatic heterocycles. The molecule has 6 heteroatoms. The third-order valence-corrected chi connectivity index (χ3v) is 3.27. The lowest BCUT2D eigenvalue weighted by Crippen LogP contribution is -2.14. The van der Waals surface area contributed by atoms with Crippen LogP contribution in [0.2, 0.25) is 0 Å². The molecule has 0 bridgehead atoms. The Hall–Kier alpha value is -2.08. The lowest BCUT2D eigenvalue weighted by molar-refractivity contribution is -0.113. The fourth-order valence-corrected chi connectivity index (χ4v) is 2.10. The number of Topliss-reactive ketones (excluding diaryl/α,β-unsaturated/α-hetero) is 1. The summed E-state index contributed by atoms with van der Waals surface area (Å²) in [5, 5.41) is 3.45. The number of anilines is 1. The number of aromatic nitrogens is 2. The van der Waals surface area contributed by atoms with Crippen molar-refractivity contribution in [2.45, 2.75) is 12.1 Å². The number of aromatic amines is 1. The third kappa shape index (κ3) is 3.96. The maximum Gasteiger partial charge on any atom is 0.234 e. The number of hydrogen-bond donors (Lipinski definition) is 2. The van der Waals surface area contributed by atoms with E-state index in [1.807, 2.05) is 0 Å². The monoisotopic (exact) mass is 275 g/mol. The number of imidazole rings is 1. The van der Waals surface area contributed by atoms with Crippen LogP contribution in [0.4, 0.5) is 5.69 Å². The van der Waals surface area contributed by atoms with Gasteiger partial charge in [0.2, 0.25) is 5.91 Å². The van der Waals surface area contributed by atoms with E-state index >= 15 is 0 Å². The van der Waals surface area contributed by atoms with Gasteiger partial charge in [-0.25, -0.2) is 4.98 Å². The average Bonchev–Trinajstić information content (AvgIpc) is 2.90. The zero-order valence-corrected chi connectivity index (χ0v) is 11.2. The Morgan fingerprint density at radius 3 is 2.95 bits per heavy atom. The van der Waals surface area contributed by atoms with E-state index in [1.165, 1.54) is 18.7 Å². The van der Waals surface area contributed by atoms with E-state index in [9.17, 15) is 9.59 Å². The summed E-state index contributed by atoms with van der Waals surface area (Å²) in [5.74, 6) is 0.0980. The minimum atomic E-state index is -0.137. The minimum absolute atomic E-state index is 0.0268. The molecule has 0 radical (unpaired) electrons. The number of ketones is 1. The summed E-state index contributed by atoms with van der Waals surface area (Å²) in [5.41, 5.74) is 1.20. The molecule has 2 rings (SSSR count). The van der Waals surface area contributed by atoms with Crippen LogP contribution in [0.3, 0.4) is 0 Å². The molecule has 0 aliphatic heterocycles. The summed E-state index contributed by atoms with van der Waals surface area (Å²) in [6.45, 7) is 1.49. The van der Waals surface area contributed by atoms with Gasteiger partial charge in [0.25, 0.3) is 0 Å². The molecule has 98 valence electrons. The zero-order chi connectivity index (χ0) is 13.7. The third-order valence-electron chi connectivity index (χ3n) is 2.37. The van der Waals surface area contributed by atoms with Gasteiger partial charge in [-0.3, -0.25) is 9.59 Å². The van der Waals surface area contributed by atoms with Gasteiger partial charge < -0.3 is 10.3 Å². The number of benzene rings is 1. The Morgan fingerprint density at radius 1 is 1.42 bits per heavy atom. The summed E-state index contributed by atoms with van der Waals surface area (Å²) in [7, 11) is 0. The molecule has 5 nitrogen and oxygen atoms in total. The van der Waals surface area contributed by atoms with Crippen molar-refractivity contribution in [3.8, 4) is 0 Å². The molecule has 1 amide bonds. The Labute approximate surface area is 114 Å². The Kier molecular flexibility index (Phi) is 4.35. The summed E-state index contributed by atoms with van der Waals surface area (Å²) < 4.78 is 0. The number of H-pyrrole nitrogens is 1. The van der Waals surface area contributed by atoms with Crippen molar-refractivity contribution in [1.82, 2.24) is 9.97 Å². The number of thioether (sulfide) groups is 1. The molecule has 0 unspecified atom stereocenters. The van der Waals surface area contributed by atoms with Crippen molar-refractivity contribution < 1.29 is 9.59 Å². The second-order valence-corrected chi connectivity index (χ2v) is 4.83. The fourth-order valence-electron chi connectivity index (χ4n) is 1.48. The number of carbonyl (C=O) groups excluding carboxylic acids is 2. The number of hydrogen-bond acceptors (Lipinski definition) is 4. The first-order valence-electron chi connectivity index (χ1n) is 5.68. The zero-order valence-electron chi connectivity index (χ0n) is 10.3. The van der Waals surface area contributed by atoms with Crippen LogP contribution >= 0.6 is 11.8 Å². The molecule has 2 N–H and O–H groups in total. The van der Waals surface area contributed by atoms with E-state index in [0.29, 0.717) is 16.4 Å². The first-order chi connectivity index (χ1) is 9.15. The first kappa shape index (κ1) is 13.4. The molecule has 0 saturated carbocycles. The van der Waals surface area contributed by atoms with Crippen LogP contribution in [0.1, 0.15) is 17.3 Å². The number of nitrogens with one attached hydrogen (secondary N) is 2. The number of carbonyl (C=O) groups is 2. The standard InChI is InChI=1S/C13H13N3O2S/c1-9(17)10-3-2-4-11(7-10)16-12(18)8-19-13-14-5-6-15-13/h2-7H,8H2,1H3,(H,14,15)(H,16,18). The maximum atomic E-state index is 11.7. The topological polar surface area (TPSA) is 74.8 Å². The molecular formula is C13H13N3O2S. The highest BCUT2D eigenvalue weighted by molar-refractivity contribution is 7.99. The molecule has 0 aliphatic carbocycles. The summed E-state index contributed by atoms with van der Waals surface area (Å²) in [4.78, 5) is 29.9. The Morgan fingerprint density at radius 2 is 2.26 bits per heavy atom. The molecule has 0 fully saturated rings. The molecule has 1 heterocycles. The second kappa shape index (κ2) is 6.19. The van der Waals surface area contributed by atoms with Crippen LogP contribution in [0.25, 0.3) is 0 Å². The van der Waals surface area contributed by atoms with E-state index in [-0.39, 0.29) is 17.4 Å². The van der Waals surface area contributed by atoms with Gasteiger partial charge in [0.05, 0.1) is 5.75 Å². The van der Waals surface area contributed by atoms with Gasteiger partial charge >= 0.3 is 0 Å². The number of rotatable bonds is 5. The van der Waals surface area contributed by atoms with Crippen LogP contribution in [-0.2, 0) is 4.79 Å². The second-order valence-electron chi connectivity index (χ2n) is 3.87. The van der Waals surface area contributed by atoms with Crippen molar-refractivity contribution in [3.63, 3.8) is 0 Å². The van der Waals surface area contributed by atoms with Gasteiger partial charge in [-0.1, -0.05) is 23.9 Å². The van der Waals surface area contributed by atoms with Crippen LogP contribution in [-0.4, -0.2) is 27.4 Å².